The van der Waals surface area contributed by atoms with Crippen molar-refractivity contribution in [3.8, 4) is 22.3 Å². The number of rotatable bonds is 2. The average Bonchev–Trinajstić information content (AvgIpc) is 3.40. The van der Waals surface area contributed by atoms with Gasteiger partial charge in [-0.3, -0.25) is 0 Å². The number of hydrogen-bond donors (Lipinski definition) is 1. The molecule has 0 saturated carbocycles. The first kappa shape index (κ1) is 19.7. The van der Waals surface area contributed by atoms with Gasteiger partial charge in [-0.05, 0) is 79.5 Å². The van der Waals surface area contributed by atoms with Gasteiger partial charge in [-0.2, -0.15) is 0 Å². The zero-order chi connectivity index (χ0) is 23.7. The van der Waals surface area contributed by atoms with E-state index >= 15 is 0 Å². The van der Waals surface area contributed by atoms with Crippen molar-refractivity contribution >= 4 is 22.1 Å². The van der Waals surface area contributed by atoms with Crippen LogP contribution in [0, 0.1) is 0 Å². The van der Waals surface area contributed by atoms with Crippen molar-refractivity contribution in [3.05, 3.63) is 156 Å². The molecule has 36 heavy (non-hydrogen) atoms. The molecular weight excluding hydrogens is 434 g/mol. The zero-order valence-electron chi connectivity index (χ0n) is 19.7. The maximum Gasteiger partial charge on any atom is 0.0725 e. The Labute approximate surface area is 210 Å². The molecule has 8 rings (SSSR count). The number of nitrogens with one attached hydrogen (secondary N) is 1. The SMILES string of the molecule is c1ccc2c(c1)-c1ccccc1C21c2ccccc2-c2cc(Nc3ccc4ccccc4c3)ccc21. The van der Waals surface area contributed by atoms with E-state index < -0.39 is 0 Å². The number of hydrogen-bond acceptors (Lipinski definition) is 1. The van der Waals surface area contributed by atoms with Crippen molar-refractivity contribution in [1.29, 1.82) is 0 Å². The van der Waals surface area contributed by atoms with Gasteiger partial charge in [-0.1, -0.05) is 109 Å². The summed E-state index contributed by atoms with van der Waals surface area (Å²) < 4.78 is 0. The number of fused-ring (bicyclic) bond motifs is 11. The minimum absolute atomic E-state index is 0.277. The second-order valence-electron chi connectivity index (χ2n) is 9.83. The summed E-state index contributed by atoms with van der Waals surface area (Å²) in [5, 5.41) is 6.17. The Balaban J connectivity index is 1.34. The Morgan fingerprint density at radius 1 is 0.361 bits per heavy atom. The molecule has 6 aromatic rings. The summed E-state index contributed by atoms with van der Waals surface area (Å²) in [6, 6.07) is 48.8. The summed E-state index contributed by atoms with van der Waals surface area (Å²) >= 11 is 0. The highest BCUT2D eigenvalue weighted by Crippen LogP contribution is 2.62. The second-order valence-corrected chi connectivity index (χ2v) is 9.83. The molecule has 1 nitrogen and oxygen atoms in total. The van der Waals surface area contributed by atoms with Crippen LogP contribution in [-0.4, -0.2) is 0 Å². The maximum atomic E-state index is 3.67. The average molecular weight is 458 g/mol. The van der Waals surface area contributed by atoms with E-state index in [2.05, 4.69) is 139 Å². The smallest absolute Gasteiger partial charge is 0.0725 e. The van der Waals surface area contributed by atoms with E-state index in [9.17, 15) is 0 Å². The molecule has 0 aromatic heterocycles. The first-order valence-corrected chi connectivity index (χ1v) is 12.5. The van der Waals surface area contributed by atoms with Crippen molar-refractivity contribution in [3.63, 3.8) is 0 Å². The molecule has 0 atom stereocenters. The van der Waals surface area contributed by atoms with Gasteiger partial charge in [0.15, 0.2) is 0 Å². The monoisotopic (exact) mass is 457 g/mol. The van der Waals surface area contributed by atoms with Crippen molar-refractivity contribution in [2.24, 2.45) is 0 Å². The lowest BCUT2D eigenvalue weighted by molar-refractivity contribution is 0.794. The van der Waals surface area contributed by atoms with Crippen LogP contribution in [0.3, 0.4) is 0 Å². The van der Waals surface area contributed by atoms with Gasteiger partial charge in [0, 0.05) is 11.4 Å². The predicted molar refractivity (Wildman–Crippen MR) is 150 cm³/mol. The Morgan fingerprint density at radius 3 is 1.50 bits per heavy atom. The van der Waals surface area contributed by atoms with Gasteiger partial charge in [0.2, 0.25) is 0 Å². The molecule has 0 amide bonds. The fraction of sp³-hybridized carbons (Fsp3) is 0.0286. The van der Waals surface area contributed by atoms with E-state index in [1.807, 2.05) is 0 Å². The predicted octanol–water partition coefficient (Wildman–Crippen LogP) is 8.93. The van der Waals surface area contributed by atoms with Crippen LogP contribution < -0.4 is 5.32 Å². The van der Waals surface area contributed by atoms with Gasteiger partial charge < -0.3 is 5.32 Å². The quantitative estimate of drug-likeness (QED) is 0.273. The fourth-order valence-corrected chi connectivity index (χ4v) is 6.61. The van der Waals surface area contributed by atoms with Gasteiger partial charge in [-0.25, -0.2) is 0 Å². The van der Waals surface area contributed by atoms with Crippen molar-refractivity contribution in [2.75, 3.05) is 5.32 Å². The van der Waals surface area contributed by atoms with Gasteiger partial charge in [-0.15, -0.1) is 0 Å². The highest BCUT2D eigenvalue weighted by molar-refractivity contribution is 5.96. The second kappa shape index (κ2) is 7.19. The minimum atomic E-state index is -0.277. The van der Waals surface area contributed by atoms with E-state index in [-0.39, 0.29) is 5.41 Å². The maximum absolute atomic E-state index is 3.67. The van der Waals surface area contributed by atoms with Gasteiger partial charge in [0.1, 0.15) is 0 Å². The van der Waals surface area contributed by atoms with Crippen LogP contribution in [0.5, 0.6) is 0 Å². The normalized spacial score (nSPS) is 13.8. The molecule has 0 heterocycles. The van der Waals surface area contributed by atoms with E-state index in [0.29, 0.717) is 0 Å². The molecule has 0 fully saturated rings. The lowest BCUT2D eigenvalue weighted by atomic mass is 9.70. The topological polar surface area (TPSA) is 12.0 Å². The van der Waals surface area contributed by atoms with Crippen LogP contribution in [0.15, 0.2) is 133 Å². The summed E-state index contributed by atoms with van der Waals surface area (Å²) in [4.78, 5) is 0. The van der Waals surface area contributed by atoms with E-state index in [4.69, 9.17) is 0 Å². The van der Waals surface area contributed by atoms with Crippen LogP contribution in [0.25, 0.3) is 33.0 Å². The van der Waals surface area contributed by atoms with Crippen molar-refractivity contribution in [1.82, 2.24) is 0 Å². The molecule has 2 aliphatic rings. The molecular formula is C35H23N. The lowest BCUT2D eigenvalue weighted by Crippen LogP contribution is -2.25. The van der Waals surface area contributed by atoms with Crippen LogP contribution in [0.2, 0.25) is 0 Å². The molecule has 0 unspecified atom stereocenters. The van der Waals surface area contributed by atoms with Gasteiger partial charge >= 0.3 is 0 Å². The number of anilines is 2. The largest absolute Gasteiger partial charge is 0.355 e. The van der Waals surface area contributed by atoms with Crippen molar-refractivity contribution in [2.45, 2.75) is 5.41 Å². The highest BCUT2D eigenvalue weighted by Gasteiger charge is 2.51. The van der Waals surface area contributed by atoms with Crippen LogP contribution in [0.1, 0.15) is 22.3 Å². The standard InChI is InChI=1S/C35H23N/c1-2-10-24-21-25(18-17-23(24)9-1)36-26-19-20-34-30(22-26)29-13-5-8-16-33(29)35(34)31-14-6-3-11-27(31)28-12-4-7-15-32(28)35/h1-22,36H. The Hall–Kier alpha value is -4.62. The molecule has 6 aromatic carbocycles. The first-order valence-electron chi connectivity index (χ1n) is 12.5. The lowest BCUT2D eigenvalue weighted by Gasteiger charge is -2.30. The molecule has 1 heteroatoms. The molecule has 2 aliphatic carbocycles. The van der Waals surface area contributed by atoms with Crippen LogP contribution >= 0.6 is 0 Å². The molecule has 168 valence electrons. The Bertz CT molecular complexity index is 1780. The van der Waals surface area contributed by atoms with E-state index in [0.717, 1.165) is 11.4 Å². The van der Waals surface area contributed by atoms with Gasteiger partial charge in [0.05, 0.1) is 5.41 Å². The van der Waals surface area contributed by atoms with Gasteiger partial charge in [0.25, 0.3) is 0 Å². The Kier molecular flexibility index (Phi) is 3.93. The summed E-state index contributed by atoms with van der Waals surface area (Å²) in [6.45, 7) is 0. The minimum Gasteiger partial charge on any atom is -0.355 e. The third-order valence-corrected chi connectivity index (χ3v) is 8.04. The summed E-state index contributed by atoms with van der Waals surface area (Å²) in [6.07, 6.45) is 0. The highest BCUT2D eigenvalue weighted by atomic mass is 14.9. The van der Waals surface area contributed by atoms with Crippen LogP contribution in [-0.2, 0) is 5.41 Å². The fourth-order valence-electron chi connectivity index (χ4n) is 6.61. The third-order valence-electron chi connectivity index (χ3n) is 8.04. The molecule has 0 aliphatic heterocycles. The first-order chi connectivity index (χ1) is 17.8. The summed E-state index contributed by atoms with van der Waals surface area (Å²) in [5.74, 6) is 0. The molecule has 0 saturated heterocycles. The Morgan fingerprint density at radius 2 is 0.833 bits per heavy atom. The molecule has 0 radical (unpaired) electrons. The van der Waals surface area contributed by atoms with Crippen molar-refractivity contribution < 1.29 is 0 Å². The van der Waals surface area contributed by atoms with Crippen LogP contribution in [0.4, 0.5) is 11.4 Å². The number of benzene rings is 6. The summed E-state index contributed by atoms with van der Waals surface area (Å²) in [7, 11) is 0. The van der Waals surface area contributed by atoms with E-state index in [1.165, 1.54) is 55.3 Å². The molecule has 1 spiro atoms. The molecule has 1 N–H and O–H groups in total. The van der Waals surface area contributed by atoms with E-state index in [1.54, 1.807) is 0 Å². The third kappa shape index (κ3) is 2.50. The summed E-state index contributed by atoms with van der Waals surface area (Å²) in [5.41, 5.74) is 12.8. The molecule has 0 bridgehead atoms. The zero-order valence-corrected chi connectivity index (χ0v) is 19.7.